The van der Waals surface area contributed by atoms with Crippen LogP contribution in [0.1, 0.15) is 25.6 Å². The average Bonchev–Trinajstić information content (AvgIpc) is 2.77. The maximum absolute atomic E-state index is 9.32. The van der Waals surface area contributed by atoms with Gasteiger partial charge in [-0.1, -0.05) is 0 Å². The molecule has 0 unspecified atom stereocenters. The molecule has 90 valence electrons. The first kappa shape index (κ1) is 11.6. The molecule has 0 spiro atoms. The number of pyridine rings is 1. The van der Waals surface area contributed by atoms with Crippen molar-refractivity contribution in [2.24, 2.45) is 0 Å². The molecule has 5 heteroatoms. The summed E-state index contributed by atoms with van der Waals surface area (Å²) < 4.78 is 7.35. The highest BCUT2D eigenvalue weighted by molar-refractivity contribution is 5.26. The molecule has 0 bridgehead atoms. The zero-order valence-electron chi connectivity index (χ0n) is 9.87. The highest BCUT2D eigenvalue weighted by Gasteiger charge is 2.04. The van der Waals surface area contributed by atoms with Gasteiger partial charge in [-0.25, -0.2) is 0 Å². The van der Waals surface area contributed by atoms with Crippen LogP contribution in [-0.2, 0) is 6.54 Å². The Morgan fingerprint density at radius 3 is 2.71 bits per heavy atom. The van der Waals surface area contributed by atoms with Crippen molar-refractivity contribution in [3.05, 3.63) is 36.4 Å². The van der Waals surface area contributed by atoms with Crippen molar-refractivity contribution in [2.45, 2.75) is 26.5 Å². The van der Waals surface area contributed by atoms with Crippen molar-refractivity contribution < 1.29 is 9.84 Å². The molecule has 0 saturated heterocycles. The second kappa shape index (κ2) is 4.97. The van der Waals surface area contributed by atoms with Crippen molar-refractivity contribution in [3.63, 3.8) is 0 Å². The summed E-state index contributed by atoms with van der Waals surface area (Å²) in [6.45, 7) is 4.49. The summed E-state index contributed by atoms with van der Waals surface area (Å²) in [6, 6.07) is 3.52. The Bertz CT molecular complexity index is 477. The summed E-state index contributed by atoms with van der Waals surface area (Å²) in [7, 11) is 0. The van der Waals surface area contributed by atoms with Gasteiger partial charge in [0.15, 0.2) is 5.75 Å². The van der Waals surface area contributed by atoms with Crippen molar-refractivity contribution in [1.29, 1.82) is 0 Å². The van der Waals surface area contributed by atoms with Crippen LogP contribution in [0.3, 0.4) is 0 Å². The molecule has 0 amide bonds. The van der Waals surface area contributed by atoms with E-state index in [0.29, 0.717) is 17.2 Å². The number of hydrogen-bond acceptors (Lipinski definition) is 4. The third-order valence-electron chi connectivity index (χ3n) is 2.36. The molecule has 2 rings (SSSR count). The summed E-state index contributed by atoms with van der Waals surface area (Å²) in [4.78, 5) is 4.10. The lowest BCUT2D eigenvalue weighted by molar-refractivity contribution is 0.194. The monoisotopic (exact) mass is 233 g/mol. The Hall–Kier alpha value is -1.88. The van der Waals surface area contributed by atoms with Gasteiger partial charge in [0.05, 0.1) is 30.4 Å². The Kier molecular flexibility index (Phi) is 3.39. The number of aromatic nitrogens is 3. The van der Waals surface area contributed by atoms with E-state index in [1.54, 1.807) is 36.1 Å². The van der Waals surface area contributed by atoms with E-state index in [9.17, 15) is 5.11 Å². The average molecular weight is 233 g/mol. The van der Waals surface area contributed by atoms with E-state index in [2.05, 4.69) is 10.1 Å². The summed E-state index contributed by atoms with van der Waals surface area (Å²) in [5.74, 6) is 1.31. The fourth-order valence-corrected chi connectivity index (χ4v) is 1.41. The molecule has 2 aromatic rings. The Morgan fingerprint density at radius 1 is 1.35 bits per heavy atom. The smallest absolute Gasteiger partial charge is 0.165 e. The molecule has 0 radical (unpaired) electrons. The van der Waals surface area contributed by atoms with Gasteiger partial charge in [0.2, 0.25) is 0 Å². The van der Waals surface area contributed by atoms with Gasteiger partial charge in [0.1, 0.15) is 5.75 Å². The van der Waals surface area contributed by atoms with Crippen molar-refractivity contribution in [3.8, 4) is 11.5 Å². The maximum Gasteiger partial charge on any atom is 0.165 e. The summed E-state index contributed by atoms with van der Waals surface area (Å²) in [5.41, 5.74) is 0.626. The van der Waals surface area contributed by atoms with Crippen LogP contribution < -0.4 is 4.74 Å². The van der Waals surface area contributed by atoms with Crippen molar-refractivity contribution in [1.82, 2.24) is 14.8 Å². The largest absolute Gasteiger partial charge is 0.452 e. The van der Waals surface area contributed by atoms with E-state index in [0.717, 1.165) is 6.54 Å². The van der Waals surface area contributed by atoms with Gasteiger partial charge < -0.3 is 9.84 Å². The molecule has 0 aliphatic carbocycles. The minimum atomic E-state index is -0.563. The fraction of sp³-hybridized carbons (Fsp3) is 0.333. The van der Waals surface area contributed by atoms with Crippen LogP contribution in [0.2, 0.25) is 0 Å². The highest BCUT2D eigenvalue weighted by Crippen LogP contribution is 2.21. The summed E-state index contributed by atoms with van der Waals surface area (Å²) >= 11 is 0. The van der Waals surface area contributed by atoms with E-state index < -0.39 is 6.10 Å². The Balaban J connectivity index is 2.08. The molecule has 17 heavy (non-hydrogen) atoms. The molecule has 2 heterocycles. The maximum atomic E-state index is 9.32. The number of rotatable bonds is 4. The topological polar surface area (TPSA) is 60.2 Å². The molecule has 1 N–H and O–H groups in total. The number of aliphatic hydroxyl groups excluding tert-OH is 1. The molecular formula is C12H15N3O2. The third kappa shape index (κ3) is 2.82. The van der Waals surface area contributed by atoms with E-state index in [1.807, 2.05) is 13.1 Å². The van der Waals surface area contributed by atoms with Crippen LogP contribution >= 0.6 is 0 Å². The van der Waals surface area contributed by atoms with Crippen LogP contribution in [0.5, 0.6) is 11.5 Å². The van der Waals surface area contributed by atoms with Crippen molar-refractivity contribution >= 4 is 0 Å². The molecule has 0 aliphatic rings. The number of nitrogens with zero attached hydrogens (tertiary/aromatic N) is 3. The van der Waals surface area contributed by atoms with E-state index in [-0.39, 0.29) is 0 Å². The second-order valence-corrected chi connectivity index (χ2v) is 3.73. The van der Waals surface area contributed by atoms with E-state index in [4.69, 9.17) is 4.74 Å². The fourth-order valence-electron chi connectivity index (χ4n) is 1.41. The van der Waals surface area contributed by atoms with Crippen LogP contribution in [0.15, 0.2) is 30.7 Å². The zero-order valence-corrected chi connectivity index (χ0v) is 9.87. The molecule has 0 saturated carbocycles. The molecule has 0 fully saturated rings. The van der Waals surface area contributed by atoms with Gasteiger partial charge in [-0.3, -0.25) is 9.67 Å². The molecule has 5 nitrogen and oxygen atoms in total. The molecule has 2 aromatic heterocycles. The molecule has 0 aliphatic heterocycles. The first-order valence-electron chi connectivity index (χ1n) is 5.53. The van der Waals surface area contributed by atoms with E-state index in [1.165, 1.54) is 0 Å². The first-order valence-corrected chi connectivity index (χ1v) is 5.53. The third-order valence-corrected chi connectivity index (χ3v) is 2.36. The lowest BCUT2D eigenvalue weighted by Gasteiger charge is -2.05. The van der Waals surface area contributed by atoms with Crippen molar-refractivity contribution in [2.75, 3.05) is 0 Å². The van der Waals surface area contributed by atoms with E-state index >= 15 is 0 Å². The number of ether oxygens (including phenoxy) is 1. The molecular weight excluding hydrogens is 218 g/mol. The normalized spacial score (nSPS) is 12.4. The minimum Gasteiger partial charge on any atom is -0.452 e. The predicted octanol–water partition coefficient (Wildman–Crippen LogP) is 2.14. The summed E-state index contributed by atoms with van der Waals surface area (Å²) in [6.07, 6.45) is 4.51. The molecule has 0 aromatic carbocycles. The van der Waals surface area contributed by atoms with Gasteiger partial charge in [0.25, 0.3) is 0 Å². The number of aliphatic hydroxyl groups is 1. The quantitative estimate of drug-likeness (QED) is 0.878. The lowest BCUT2D eigenvalue weighted by atomic mass is 10.2. The standard InChI is InChI=1S/C12H15N3O2/c1-3-15-8-11(7-14-15)17-10-4-5-12(9(2)16)13-6-10/h4-9,16H,3H2,1-2H3/t9-/m0/s1. The minimum absolute atomic E-state index is 0.563. The van der Waals surface area contributed by atoms with Gasteiger partial charge in [0, 0.05) is 6.54 Å². The van der Waals surface area contributed by atoms with Crippen LogP contribution in [-0.4, -0.2) is 19.9 Å². The SMILES string of the molecule is CCn1cc(Oc2ccc([C@H](C)O)nc2)cn1. The Labute approximate surface area is 99.7 Å². The number of hydrogen-bond donors (Lipinski definition) is 1. The second-order valence-electron chi connectivity index (χ2n) is 3.73. The van der Waals surface area contributed by atoms with Gasteiger partial charge in [-0.05, 0) is 26.0 Å². The van der Waals surface area contributed by atoms with Crippen LogP contribution in [0.4, 0.5) is 0 Å². The first-order chi connectivity index (χ1) is 8.19. The molecule has 1 atom stereocenters. The lowest BCUT2D eigenvalue weighted by Crippen LogP contribution is -1.95. The Morgan fingerprint density at radius 2 is 2.18 bits per heavy atom. The highest BCUT2D eigenvalue weighted by atomic mass is 16.5. The number of aryl methyl sites for hydroxylation is 1. The predicted molar refractivity (Wildman–Crippen MR) is 62.8 cm³/mol. The van der Waals surface area contributed by atoms with Crippen LogP contribution in [0.25, 0.3) is 0 Å². The van der Waals surface area contributed by atoms with Gasteiger partial charge >= 0.3 is 0 Å². The summed E-state index contributed by atoms with van der Waals surface area (Å²) in [5, 5.41) is 13.4. The van der Waals surface area contributed by atoms with Crippen LogP contribution in [0, 0.1) is 0 Å². The zero-order chi connectivity index (χ0) is 12.3. The van der Waals surface area contributed by atoms with Gasteiger partial charge in [-0.15, -0.1) is 0 Å². The van der Waals surface area contributed by atoms with Gasteiger partial charge in [-0.2, -0.15) is 5.10 Å².